The first-order valence-electron chi connectivity index (χ1n) is 12.9. The quantitative estimate of drug-likeness (QED) is 0.179. The lowest BCUT2D eigenvalue weighted by Crippen LogP contribution is -2.47. The molecule has 0 aliphatic heterocycles. The minimum absolute atomic E-state index is 0.248. The largest absolute Gasteiger partial charge is 0.497 e. The molecule has 2 unspecified atom stereocenters. The molecule has 2 aromatic carbocycles. The van der Waals surface area contributed by atoms with Gasteiger partial charge in [-0.3, -0.25) is 0 Å². The van der Waals surface area contributed by atoms with Crippen molar-refractivity contribution in [3.8, 4) is 17.6 Å². The molecule has 208 valence electrons. The lowest BCUT2D eigenvalue weighted by molar-refractivity contribution is -0.168. The van der Waals surface area contributed by atoms with Gasteiger partial charge in [0.05, 0.1) is 19.1 Å². The highest BCUT2D eigenvalue weighted by atomic mass is 16.6. The molecule has 0 fully saturated rings. The molecule has 10 nitrogen and oxygen atoms in total. The first kappa shape index (κ1) is 29.5. The summed E-state index contributed by atoms with van der Waals surface area (Å²) in [6.07, 6.45) is 0.390. The van der Waals surface area contributed by atoms with Gasteiger partial charge in [0.2, 0.25) is 12.0 Å². The van der Waals surface area contributed by atoms with Crippen LogP contribution >= 0.6 is 0 Å². The summed E-state index contributed by atoms with van der Waals surface area (Å²) >= 11 is 0. The summed E-state index contributed by atoms with van der Waals surface area (Å²) in [7, 11) is 3.61. The highest BCUT2D eigenvalue weighted by Gasteiger charge is 2.50. The molecular formula is C29H35N3O7. The maximum Gasteiger partial charge on any atom is 0.418 e. The molecule has 0 bridgehead atoms. The van der Waals surface area contributed by atoms with E-state index in [1.807, 2.05) is 63.4 Å². The van der Waals surface area contributed by atoms with Gasteiger partial charge in [-0.1, -0.05) is 32.0 Å². The number of esters is 1. The van der Waals surface area contributed by atoms with Crippen molar-refractivity contribution < 1.29 is 33.3 Å². The Morgan fingerprint density at radius 2 is 1.85 bits per heavy atom. The maximum atomic E-state index is 12.0. The fourth-order valence-electron chi connectivity index (χ4n) is 4.63. The molecule has 1 N–H and O–H groups in total. The lowest BCUT2D eigenvalue weighted by Gasteiger charge is -2.37. The number of carbonyl (C=O) groups excluding carboxylic acids is 1. The van der Waals surface area contributed by atoms with E-state index in [1.54, 1.807) is 19.2 Å². The van der Waals surface area contributed by atoms with E-state index in [0.717, 1.165) is 24.5 Å². The Morgan fingerprint density at radius 3 is 2.51 bits per heavy atom. The average molecular weight is 538 g/mol. The lowest BCUT2D eigenvalue weighted by atomic mass is 9.69. The normalized spacial score (nSPS) is 13.6. The van der Waals surface area contributed by atoms with E-state index >= 15 is 0 Å². The van der Waals surface area contributed by atoms with Crippen LogP contribution in [0.25, 0.3) is 11.1 Å². The fraction of sp³-hybridized carbons (Fsp3) is 0.448. The SMILES string of the molecule is COc1cccc(OCCCN(C)CCCC(c2nc3ccccc3o2)(C(C)C)C(C#N)OC(=O)C(=O)O)c1. The van der Waals surface area contributed by atoms with E-state index < -0.39 is 23.5 Å². The number of hydrogen-bond acceptors (Lipinski definition) is 9. The number of methoxy groups -OCH3 is 1. The van der Waals surface area contributed by atoms with Crippen LogP contribution in [0.1, 0.15) is 39.0 Å². The number of aliphatic carboxylic acids is 1. The zero-order valence-corrected chi connectivity index (χ0v) is 22.8. The van der Waals surface area contributed by atoms with Crippen LogP contribution in [0.4, 0.5) is 0 Å². The van der Waals surface area contributed by atoms with Crippen LogP contribution < -0.4 is 9.47 Å². The Balaban J connectivity index is 1.70. The van der Waals surface area contributed by atoms with E-state index in [2.05, 4.69) is 9.88 Å². The number of oxazole rings is 1. The zero-order chi connectivity index (χ0) is 28.4. The van der Waals surface area contributed by atoms with Crippen LogP contribution in [0.15, 0.2) is 52.9 Å². The van der Waals surface area contributed by atoms with Gasteiger partial charge in [0.25, 0.3) is 0 Å². The smallest absolute Gasteiger partial charge is 0.418 e. The topological polar surface area (TPSA) is 135 Å². The van der Waals surface area contributed by atoms with Crippen molar-refractivity contribution in [1.82, 2.24) is 9.88 Å². The van der Waals surface area contributed by atoms with E-state index in [0.29, 0.717) is 37.1 Å². The van der Waals surface area contributed by atoms with Crippen LogP contribution in [-0.4, -0.2) is 66.9 Å². The van der Waals surface area contributed by atoms with Gasteiger partial charge in [-0.05, 0) is 63.0 Å². The molecule has 39 heavy (non-hydrogen) atoms. The number of fused-ring (bicyclic) bond motifs is 1. The Bertz CT molecular complexity index is 1270. The monoisotopic (exact) mass is 537 g/mol. The fourth-order valence-corrected chi connectivity index (χ4v) is 4.63. The summed E-state index contributed by atoms with van der Waals surface area (Å²) in [4.78, 5) is 30.0. The number of aromatic nitrogens is 1. The maximum absolute atomic E-state index is 12.0. The van der Waals surface area contributed by atoms with Crippen molar-refractivity contribution in [2.24, 2.45) is 5.92 Å². The molecule has 0 radical (unpaired) electrons. The molecule has 3 rings (SSSR count). The molecule has 0 amide bonds. The van der Waals surface area contributed by atoms with Crippen LogP contribution in [-0.2, 0) is 19.7 Å². The third kappa shape index (κ3) is 7.27. The molecule has 1 aromatic heterocycles. The third-order valence-corrected chi connectivity index (χ3v) is 6.83. The highest BCUT2D eigenvalue weighted by molar-refractivity contribution is 6.28. The molecule has 10 heteroatoms. The number of hydrogen-bond donors (Lipinski definition) is 1. The molecular weight excluding hydrogens is 502 g/mol. The summed E-state index contributed by atoms with van der Waals surface area (Å²) in [5.74, 6) is -1.79. The second kappa shape index (κ2) is 13.6. The van der Waals surface area contributed by atoms with Gasteiger partial charge in [-0.25, -0.2) is 14.6 Å². The van der Waals surface area contributed by atoms with Crippen molar-refractivity contribution in [1.29, 1.82) is 5.26 Å². The van der Waals surface area contributed by atoms with Gasteiger partial charge >= 0.3 is 11.9 Å². The summed E-state index contributed by atoms with van der Waals surface area (Å²) < 4.78 is 22.3. The molecule has 1 heterocycles. The van der Waals surface area contributed by atoms with Crippen molar-refractivity contribution in [3.63, 3.8) is 0 Å². The number of ether oxygens (including phenoxy) is 3. The van der Waals surface area contributed by atoms with E-state index in [-0.39, 0.29) is 11.8 Å². The number of rotatable bonds is 14. The molecule has 2 atom stereocenters. The van der Waals surface area contributed by atoms with Gasteiger partial charge < -0.3 is 28.6 Å². The Labute approximate surface area is 228 Å². The summed E-state index contributed by atoms with van der Waals surface area (Å²) in [6.45, 7) is 5.76. The second-order valence-electron chi connectivity index (χ2n) is 9.69. The van der Waals surface area contributed by atoms with Gasteiger partial charge in [-0.2, -0.15) is 5.26 Å². The number of benzene rings is 2. The minimum atomic E-state index is -1.76. The van der Waals surface area contributed by atoms with Crippen LogP contribution in [0.2, 0.25) is 0 Å². The zero-order valence-electron chi connectivity index (χ0n) is 22.8. The average Bonchev–Trinajstić information content (AvgIpc) is 3.36. The highest BCUT2D eigenvalue weighted by Crippen LogP contribution is 2.42. The van der Waals surface area contributed by atoms with E-state index in [1.165, 1.54) is 0 Å². The molecule has 0 aliphatic carbocycles. The number of nitrogens with zero attached hydrogens (tertiary/aromatic N) is 3. The van der Waals surface area contributed by atoms with Gasteiger partial charge in [0.1, 0.15) is 23.1 Å². The van der Waals surface area contributed by atoms with Crippen LogP contribution in [0.3, 0.4) is 0 Å². The Morgan fingerprint density at radius 1 is 1.13 bits per heavy atom. The van der Waals surface area contributed by atoms with Gasteiger partial charge in [-0.15, -0.1) is 0 Å². The number of para-hydroxylation sites is 2. The van der Waals surface area contributed by atoms with Crippen molar-refractivity contribution >= 4 is 23.0 Å². The van der Waals surface area contributed by atoms with Gasteiger partial charge in [0.15, 0.2) is 5.58 Å². The number of carboxylic acid groups (broad SMARTS) is 1. The van der Waals surface area contributed by atoms with Gasteiger partial charge in [0, 0.05) is 12.6 Å². The molecule has 0 aliphatic rings. The first-order valence-corrected chi connectivity index (χ1v) is 12.9. The van der Waals surface area contributed by atoms with Crippen LogP contribution in [0, 0.1) is 17.2 Å². The Kier molecular flexibility index (Phi) is 10.3. The van der Waals surface area contributed by atoms with Crippen molar-refractivity contribution in [3.05, 3.63) is 54.4 Å². The number of nitriles is 1. The van der Waals surface area contributed by atoms with E-state index in [4.69, 9.17) is 23.7 Å². The predicted octanol–water partition coefficient (Wildman–Crippen LogP) is 4.43. The molecule has 0 saturated heterocycles. The minimum Gasteiger partial charge on any atom is -0.497 e. The first-order chi connectivity index (χ1) is 18.7. The predicted molar refractivity (Wildman–Crippen MR) is 143 cm³/mol. The second-order valence-corrected chi connectivity index (χ2v) is 9.69. The summed E-state index contributed by atoms with van der Waals surface area (Å²) in [5, 5.41) is 19.2. The number of carbonyl (C=O) groups is 2. The molecule has 3 aromatic rings. The summed E-state index contributed by atoms with van der Waals surface area (Å²) in [6, 6.07) is 16.7. The summed E-state index contributed by atoms with van der Waals surface area (Å²) in [5.41, 5.74) is -0.0197. The molecule has 0 saturated carbocycles. The number of carboxylic acids is 1. The van der Waals surface area contributed by atoms with Crippen LogP contribution in [0.5, 0.6) is 11.5 Å². The molecule has 0 spiro atoms. The van der Waals surface area contributed by atoms with E-state index in [9.17, 15) is 14.9 Å². The standard InChI is InChI=1S/C29H35N3O7/c1-20(2)29(25(19-30)39-27(35)26(33)34,28-31-23-12-5-6-13-24(23)38-28)14-8-15-32(3)16-9-17-37-22-11-7-10-21(18-22)36-4/h5-7,10-13,18,20,25H,8-9,14-17H2,1-4H3,(H,33,34). The van der Waals surface area contributed by atoms with Crippen molar-refractivity contribution in [2.75, 3.05) is 33.9 Å². The van der Waals surface area contributed by atoms with Crippen molar-refractivity contribution in [2.45, 2.75) is 44.6 Å². The third-order valence-electron chi connectivity index (χ3n) is 6.83. The Hall–Kier alpha value is -4.10.